The third-order valence-electron chi connectivity index (χ3n) is 5.81. The molecule has 26 heavy (non-hydrogen) atoms. The molecule has 3 heterocycles. The molecule has 0 unspecified atom stereocenters. The van der Waals surface area contributed by atoms with E-state index in [-0.39, 0.29) is 18.3 Å². The van der Waals surface area contributed by atoms with Gasteiger partial charge in [-0.25, -0.2) is 0 Å². The molecular weight excluding hydrogens is 366 g/mol. The van der Waals surface area contributed by atoms with E-state index in [0.29, 0.717) is 7.48 Å². The molecular formula is C18H28B2O4S2. The van der Waals surface area contributed by atoms with E-state index >= 15 is 0 Å². The molecule has 1 N–H and O–H groups in total. The summed E-state index contributed by atoms with van der Waals surface area (Å²) in [6.07, 6.45) is 0. The number of hydrogen-bond donors (Lipinski definition) is 1. The normalized spacial score (nSPS) is 20.1. The summed E-state index contributed by atoms with van der Waals surface area (Å²) in [5.41, 5.74) is -2.16. The molecule has 8 heteroatoms. The zero-order chi connectivity index (χ0) is 19.5. The van der Waals surface area contributed by atoms with Gasteiger partial charge < -0.3 is 19.1 Å². The molecule has 1 saturated heterocycles. The highest BCUT2D eigenvalue weighted by molar-refractivity contribution is 7.35. The molecule has 142 valence electrons. The standard InChI is InChI=1S/C18H28B2O4S2/c1-15(2,21)16(3,4)22-19-13-9-11-12(25-13)10-14(26-11)20-23-17(5,6)18(7,8)24-20/h9-10,19,21H,1-8H3. The quantitative estimate of drug-likeness (QED) is 0.793. The molecule has 2 aromatic rings. The van der Waals surface area contributed by atoms with E-state index in [9.17, 15) is 5.11 Å². The lowest BCUT2D eigenvalue weighted by Crippen LogP contribution is -2.49. The van der Waals surface area contributed by atoms with Gasteiger partial charge in [0.15, 0.2) is 0 Å². The fourth-order valence-electron chi connectivity index (χ4n) is 2.48. The second-order valence-electron chi connectivity index (χ2n) is 9.04. The number of thiophene rings is 2. The molecule has 0 aliphatic carbocycles. The number of fused-ring (bicyclic) bond motifs is 1. The zero-order valence-corrected chi connectivity index (χ0v) is 18.6. The second kappa shape index (κ2) is 6.32. The summed E-state index contributed by atoms with van der Waals surface area (Å²) >= 11 is 3.43. The van der Waals surface area contributed by atoms with Gasteiger partial charge in [-0.1, -0.05) is 0 Å². The van der Waals surface area contributed by atoms with Crippen molar-refractivity contribution in [2.45, 2.75) is 77.8 Å². The Bertz CT molecular complexity index is 754. The zero-order valence-electron chi connectivity index (χ0n) is 16.9. The average molecular weight is 394 g/mol. The van der Waals surface area contributed by atoms with Crippen LogP contribution in [0.1, 0.15) is 55.4 Å². The topological polar surface area (TPSA) is 47.9 Å². The van der Waals surface area contributed by atoms with Crippen LogP contribution in [0.3, 0.4) is 0 Å². The van der Waals surface area contributed by atoms with Gasteiger partial charge in [0.2, 0.25) is 0 Å². The fourth-order valence-corrected chi connectivity index (χ4v) is 4.78. The van der Waals surface area contributed by atoms with Crippen LogP contribution in [-0.2, 0) is 14.0 Å². The molecule has 0 saturated carbocycles. The Labute approximate surface area is 165 Å². The van der Waals surface area contributed by atoms with Gasteiger partial charge in [0.1, 0.15) is 0 Å². The van der Waals surface area contributed by atoms with E-state index in [1.807, 2.05) is 13.8 Å². The molecule has 0 spiro atoms. The van der Waals surface area contributed by atoms with Crippen LogP contribution in [-0.4, -0.2) is 42.1 Å². The van der Waals surface area contributed by atoms with Gasteiger partial charge in [0.05, 0.1) is 22.4 Å². The van der Waals surface area contributed by atoms with Crippen molar-refractivity contribution in [3.8, 4) is 0 Å². The van der Waals surface area contributed by atoms with Gasteiger partial charge in [-0.3, -0.25) is 0 Å². The third-order valence-corrected chi connectivity index (χ3v) is 8.10. The van der Waals surface area contributed by atoms with Crippen molar-refractivity contribution >= 4 is 56.2 Å². The van der Waals surface area contributed by atoms with Gasteiger partial charge >= 0.3 is 14.6 Å². The van der Waals surface area contributed by atoms with Crippen LogP contribution in [0.25, 0.3) is 9.40 Å². The molecule has 0 amide bonds. The van der Waals surface area contributed by atoms with Crippen molar-refractivity contribution in [1.82, 2.24) is 0 Å². The minimum Gasteiger partial charge on any atom is -0.426 e. The molecule has 1 fully saturated rings. The van der Waals surface area contributed by atoms with Crippen LogP contribution in [0.4, 0.5) is 0 Å². The van der Waals surface area contributed by atoms with E-state index in [1.165, 1.54) is 9.40 Å². The van der Waals surface area contributed by atoms with Crippen LogP contribution in [0, 0.1) is 0 Å². The number of aliphatic hydroxyl groups is 1. The Hall–Kier alpha value is -0.370. The van der Waals surface area contributed by atoms with E-state index in [2.05, 4.69) is 39.8 Å². The third kappa shape index (κ3) is 3.64. The fraction of sp³-hybridized carbons (Fsp3) is 0.667. The van der Waals surface area contributed by atoms with Gasteiger partial charge in [-0.15, -0.1) is 22.7 Å². The van der Waals surface area contributed by atoms with Gasteiger partial charge in [-0.05, 0) is 67.5 Å². The molecule has 0 radical (unpaired) electrons. The minimum atomic E-state index is -0.897. The highest BCUT2D eigenvalue weighted by atomic mass is 32.1. The van der Waals surface area contributed by atoms with Crippen molar-refractivity contribution in [1.29, 1.82) is 0 Å². The van der Waals surface area contributed by atoms with Crippen LogP contribution in [0.15, 0.2) is 12.1 Å². The van der Waals surface area contributed by atoms with Gasteiger partial charge in [0.25, 0.3) is 0 Å². The van der Waals surface area contributed by atoms with Crippen molar-refractivity contribution in [2.24, 2.45) is 0 Å². The first kappa shape index (κ1) is 20.4. The molecule has 0 aromatic carbocycles. The highest BCUT2D eigenvalue weighted by Gasteiger charge is 2.52. The summed E-state index contributed by atoms with van der Waals surface area (Å²) in [5, 5.41) is 10.2. The maximum Gasteiger partial charge on any atom is 0.505 e. The first-order chi connectivity index (χ1) is 11.7. The Morgan fingerprint density at radius 2 is 1.54 bits per heavy atom. The number of hydrogen-bond acceptors (Lipinski definition) is 6. The molecule has 0 atom stereocenters. The Morgan fingerprint density at radius 3 is 2.04 bits per heavy atom. The van der Waals surface area contributed by atoms with Crippen LogP contribution in [0.2, 0.25) is 0 Å². The Kier molecular flexibility index (Phi) is 4.95. The lowest BCUT2D eigenvalue weighted by molar-refractivity contribution is -0.0892. The van der Waals surface area contributed by atoms with Crippen LogP contribution < -0.4 is 9.55 Å². The van der Waals surface area contributed by atoms with Crippen molar-refractivity contribution in [3.63, 3.8) is 0 Å². The molecule has 0 bridgehead atoms. The monoisotopic (exact) mass is 394 g/mol. The second-order valence-corrected chi connectivity index (χ2v) is 11.3. The van der Waals surface area contributed by atoms with E-state index < -0.39 is 11.2 Å². The largest absolute Gasteiger partial charge is 0.505 e. The minimum absolute atomic E-state index is 0.307. The van der Waals surface area contributed by atoms with Gasteiger partial charge in [0, 0.05) is 19.0 Å². The summed E-state index contributed by atoms with van der Waals surface area (Å²) in [7, 11) is 0.188. The van der Waals surface area contributed by atoms with Crippen molar-refractivity contribution in [3.05, 3.63) is 12.1 Å². The first-order valence-corrected chi connectivity index (χ1v) is 10.6. The predicted octanol–water partition coefficient (Wildman–Crippen LogP) is 2.80. The molecule has 1 aliphatic heterocycles. The lowest BCUT2D eigenvalue weighted by Gasteiger charge is -2.37. The predicted molar refractivity (Wildman–Crippen MR) is 114 cm³/mol. The lowest BCUT2D eigenvalue weighted by atomic mass is 9.86. The average Bonchev–Trinajstić information content (AvgIpc) is 3.05. The summed E-state index contributed by atoms with van der Waals surface area (Å²) in [4.78, 5) is 0. The smallest absolute Gasteiger partial charge is 0.426 e. The molecule has 1 aliphatic rings. The first-order valence-electron chi connectivity index (χ1n) is 8.96. The van der Waals surface area contributed by atoms with Crippen molar-refractivity contribution in [2.75, 3.05) is 0 Å². The molecule has 4 nitrogen and oxygen atoms in total. The Balaban J connectivity index is 1.73. The highest BCUT2D eigenvalue weighted by Crippen LogP contribution is 2.37. The number of rotatable bonds is 5. The van der Waals surface area contributed by atoms with E-state index in [0.717, 1.165) is 9.55 Å². The van der Waals surface area contributed by atoms with Crippen molar-refractivity contribution < 1.29 is 19.1 Å². The van der Waals surface area contributed by atoms with Crippen LogP contribution in [0.5, 0.6) is 0 Å². The maximum absolute atomic E-state index is 10.2. The summed E-state index contributed by atoms with van der Waals surface area (Å²) in [6.45, 7) is 15.7. The Morgan fingerprint density at radius 1 is 1.00 bits per heavy atom. The summed E-state index contributed by atoms with van der Waals surface area (Å²) < 4.78 is 23.0. The SMILES string of the molecule is CC(C)(O)C(C)(C)OBc1cc2sc(B3OC(C)(C)C(C)(C)O3)cc2s1. The summed E-state index contributed by atoms with van der Waals surface area (Å²) in [6, 6.07) is 4.33. The summed E-state index contributed by atoms with van der Waals surface area (Å²) in [5.74, 6) is 0. The molecule has 2 aromatic heterocycles. The maximum atomic E-state index is 10.2. The van der Waals surface area contributed by atoms with E-state index in [1.54, 1.807) is 36.5 Å². The van der Waals surface area contributed by atoms with Crippen LogP contribution >= 0.6 is 22.7 Å². The van der Waals surface area contributed by atoms with Gasteiger partial charge in [-0.2, -0.15) is 0 Å². The van der Waals surface area contributed by atoms with E-state index in [4.69, 9.17) is 14.0 Å². The molecule has 3 rings (SSSR count).